The van der Waals surface area contributed by atoms with Crippen molar-refractivity contribution in [3.8, 4) is 0 Å². The molecule has 0 saturated heterocycles. The van der Waals surface area contributed by atoms with Crippen LogP contribution >= 0.6 is 0 Å². The molecule has 3 aliphatic carbocycles. The minimum atomic E-state index is -0.132. The molecule has 2 nitrogen and oxygen atoms in total. The molecule has 0 heterocycles. The Morgan fingerprint density at radius 2 is 1.80 bits per heavy atom. The summed E-state index contributed by atoms with van der Waals surface area (Å²) in [4.78, 5) is 0. The van der Waals surface area contributed by atoms with Crippen LogP contribution in [-0.2, 0) is 4.74 Å². The van der Waals surface area contributed by atoms with Crippen LogP contribution in [0.25, 0.3) is 0 Å². The highest BCUT2D eigenvalue weighted by molar-refractivity contribution is 5.06. The minimum Gasteiger partial charge on any atom is -0.393 e. The summed E-state index contributed by atoms with van der Waals surface area (Å²) >= 11 is 0. The fraction of sp³-hybridized carbons (Fsp3) is 1.00. The highest BCUT2D eigenvalue weighted by Crippen LogP contribution is 2.64. The van der Waals surface area contributed by atoms with Gasteiger partial charge in [-0.3, -0.25) is 0 Å². The number of rotatable bonds is 6. The van der Waals surface area contributed by atoms with E-state index >= 15 is 0 Å². The molecule has 9 atom stereocenters. The number of ether oxygens (including phenoxy) is 1. The van der Waals surface area contributed by atoms with Crippen molar-refractivity contribution in [2.24, 2.45) is 40.9 Å². The van der Waals surface area contributed by atoms with Crippen LogP contribution in [-0.4, -0.2) is 23.9 Å². The zero-order chi connectivity index (χ0) is 18.2. The van der Waals surface area contributed by atoms with E-state index < -0.39 is 0 Å². The van der Waals surface area contributed by atoms with Crippen molar-refractivity contribution in [2.75, 3.05) is 6.61 Å². The molecule has 3 fully saturated rings. The number of hydrogen-bond donors (Lipinski definition) is 1. The van der Waals surface area contributed by atoms with Gasteiger partial charge in [-0.15, -0.1) is 0 Å². The molecule has 0 spiro atoms. The van der Waals surface area contributed by atoms with Crippen molar-refractivity contribution in [1.29, 1.82) is 0 Å². The first-order chi connectivity index (χ1) is 11.9. The Labute approximate surface area is 156 Å². The van der Waals surface area contributed by atoms with Gasteiger partial charge < -0.3 is 9.84 Å². The Hall–Kier alpha value is -0.0800. The lowest BCUT2D eigenvalue weighted by molar-refractivity contribution is -0.0814. The molecule has 0 aromatic carbocycles. The molecule has 0 radical (unpaired) electrons. The summed E-state index contributed by atoms with van der Waals surface area (Å²) in [5.41, 5.74) is 0.393. The molecule has 0 aliphatic heterocycles. The maximum atomic E-state index is 10.3. The van der Waals surface area contributed by atoms with E-state index in [4.69, 9.17) is 4.74 Å². The summed E-state index contributed by atoms with van der Waals surface area (Å²) in [6, 6.07) is 0. The molecule has 3 saturated carbocycles. The molecular formula is C23H42O2. The van der Waals surface area contributed by atoms with E-state index in [0.717, 1.165) is 36.2 Å². The second-order valence-corrected chi connectivity index (χ2v) is 9.81. The van der Waals surface area contributed by atoms with Crippen LogP contribution < -0.4 is 0 Å². The monoisotopic (exact) mass is 350 g/mol. The molecule has 3 aliphatic rings. The molecule has 0 bridgehead atoms. The normalized spacial score (nSPS) is 46.3. The highest BCUT2D eigenvalue weighted by Gasteiger charge is 2.57. The van der Waals surface area contributed by atoms with E-state index in [1.54, 1.807) is 0 Å². The first kappa shape index (κ1) is 19.7. The minimum absolute atomic E-state index is 0.132. The SMILES string of the molecule is CCOC(C)CC1C(CC)CCC2C1CCC1(C)C(C(C)O)CCC21. The number of hydrogen-bond acceptors (Lipinski definition) is 2. The number of fused-ring (bicyclic) bond motifs is 3. The molecule has 3 rings (SSSR count). The van der Waals surface area contributed by atoms with Gasteiger partial charge >= 0.3 is 0 Å². The van der Waals surface area contributed by atoms with Gasteiger partial charge in [-0.2, -0.15) is 0 Å². The van der Waals surface area contributed by atoms with Crippen molar-refractivity contribution in [3.05, 3.63) is 0 Å². The number of aliphatic hydroxyl groups excluding tert-OH is 1. The van der Waals surface area contributed by atoms with Gasteiger partial charge in [-0.05, 0) is 107 Å². The maximum absolute atomic E-state index is 10.3. The first-order valence-electron chi connectivity index (χ1n) is 11.2. The van der Waals surface area contributed by atoms with E-state index in [0.29, 0.717) is 17.4 Å². The standard InChI is InChI=1S/C23H42O2/c1-6-17-8-9-19-18(20(17)14-15(3)25-7-2)12-13-23(5)21(16(4)24)10-11-22(19)23/h15-22,24H,6-14H2,1-5H3. The van der Waals surface area contributed by atoms with Crippen LogP contribution in [0.5, 0.6) is 0 Å². The summed E-state index contributed by atoms with van der Waals surface area (Å²) in [7, 11) is 0. The van der Waals surface area contributed by atoms with Crippen LogP contribution in [0.1, 0.15) is 86.0 Å². The van der Waals surface area contributed by atoms with Crippen molar-refractivity contribution >= 4 is 0 Å². The summed E-state index contributed by atoms with van der Waals surface area (Å²) in [5, 5.41) is 10.3. The molecular weight excluding hydrogens is 308 g/mol. The van der Waals surface area contributed by atoms with Gasteiger partial charge in [0.15, 0.2) is 0 Å². The van der Waals surface area contributed by atoms with Crippen LogP contribution in [0.2, 0.25) is 0 Å². The average molecular weight is 351 g/mol. The Balaban J connectivity index is 1.78. The third-order valence-corrected chi connectivity index (χ3v) is 8.75. The van der Waals surface area contributed by atoms with Crippen molar-refractivity contribution in [2.45, 2.75) is 98.2 Å². The fourth-order valence-corrected chi connectivity index (χ4v) is 7.68. The lowest BCUT2D eigenvalue weighted by atomic mass is 9.50. The average Bonchev–Trinajstić information content (AvgIpc) is 2.92. The predicted octanol–water partition coefficient (Wildman–Crippen LogP) is 5.68. The molecule has 2 heteroatoms. The summed E-state index contributed by atoms with van der Waals surface area (Å²) in [6.45, 7) is 12.2. The molecule has 1 N–H and O–H groups in total. The van der Waals surface area contributed by atoms with Crippen molar-refractivity contribution in [3.63, 3.8) is 0 Å². The molecule has 9 unspecified atom stereocenters. The van der Waals surface area contributed by atoms with Crippen molar-refractivity contribution < 1.29 is 9.84 Å². The quantitative estimate of drug-likeness (QED) is 0.668. The summed E-state index contributed by atoms with van der Waals surface area (Å²) in [6.07, 6.45) is 11.1. The van der Waals surface area contributed by atoms with Gasteiger partial charge in [0.2, 0.25) is 0 Å². The molecule has 146 valence electrons. The largest absolute Gasteiger partial charge is 0.393 e. The van der Waals surface area contributed by atoms with Gasteiger partial charge in [-0.1, -0.05) is 20.3 Å². The van der Waals surface area contributed by atoms with Gasteiger partial charge in [0.25, 0.3) is 0 Å². The smallest absolute Gasteiger partial charge is 0.0549 e. The third-order valence-electron chi connectivity index (χ3n) is 8.75. The lowest BCUT2D eigenvalue weighted by Gasteiger charge is -2.55. The van der Waals surface area contributed by atoms with E-state index in [2.05, 4.69) is 27.7 Å². The first-order valence-corrected chi connectivity index (χ1v) is 11.2. The lowest BCUT2D eigenvalue weighted by Crippen LogP contribution is -2.49. The predicted molar refractivity (Wildman–Crippen MR) is 104 cm³/mol. The van der Waals surface area contributed by atoms with E-state index in [9.17, 15) is 5.11 Å². The molecule has 0 amide bonds. The Kier molecular flexibility index (Phi) is 6.21. The zero-order valence-corrected chi connectivity index (χ0v) is 17.3. The molecule has 0 aromatic rings. The fourth-order valence-electron chi connectivity index (χ4n) is 7.68. The Morgan fingerprint density at radius 3 is 2.44 bits per heavy atom. The second-order valence-electron chi connectivity index (χ2n) is 9.81. The molecule has 25 heavy (non-hydrogen) atoms. The second kappa shape index (κ2) is 7.89. The maximum Gasteiger partial charge on any atom is 0.0549 e. The molecule has 0 aromatic heterocycles. The van der Waals surface area contributed by atoms with Crippen LogP contribution in [0.3, 0.4) is 0 Å². The van der Waals surface area contributed by atoms with Gasteiger partial charge in [0, 0.05) is 6.61 Å². The van der Waals surface area contributed by atoms with Crippen molar-refractivity contribution in [1.82, 2.24) is 0 Å². The summed E-state index contributed by atoms with van der Waals surface area (Å²) in [5.74, 6) is 4.97. The van der Waals surface area contributed by atoms with Crippen LogP contribution in [0.4, 0.5) is 0 Å². The van der Waals surface area contributed by atoms with Crippen LogP contribution in [0, 0.1) is 40.9 Å². The third kappa shape index (κ3) is 3.55. The van der Waals surface area contributed by atoms with E-state index in [1.807, 2.05) is 6.92 Å². The highest BCUT2D eigenvalue weighted by atomic mass is 16.5. The summed E-state index contributed by atoms with van der Waals surface area (Å²) < 4.78 is 5.94. The Morgan fingerprint density at radius 1 is 1.04 bits per heavy atom. The topological polar surface area (TPSA) is 29.5 Å². The zero-order valence-electron chi connectivity index (χ0n) is 17.3. The Bertz CT molecular complexity index is 434. The van der Waals surface area contributed by atoms with E-state index in [-0.39, 0.29) is 6.10 Å². The van der Waals surface area contributed by atoms with Gasteiger partial charge in [0.1, 0.15) is 0 Å². The van der Waals surface area contributed by atoms with Gasteiger partial charge in [0.05, 0.1) is 12.2 Å². The van der Waals surface area contributed by atoms with Gasteiger partial charge in [-0.25, -0.2) is 0 Å². The van der Waals surface area contributed by atoms with E-state index in [1.165, 1.54) is 51.4 Å². The van der Waals surface area contributed by atoms with Crippen LogP contribution in [0.15, 0.2) is 0 Å². The number of aliphatic hydroxyl groups is 1.